The number of benzene rings is 2. The molecule has 0 bridgehead atoms. The van der Waals surface area contributed by atoms with Crippen molar-refractivity contribution in [2.75, 3.05) is 0 Å². The molecule has 0 fully saturated rings. The first-order valence-electron chi connectivity index (χ1n) is 17.8. The van der Waals surface area contributed by atoms with Crippen LogP contribution in [0.4, 0.5) is 0 Å². The summed E-state index contributed by atoms with van der Waals surface area (Å²) in [7, 11) is 0. The second kappa shape index (κ2) is 19.7. The summed E-state index contributed by atoms with van der Waals surface area (Å²) in [6.07, 6.45) is 24.7. The maximum Gasteiger partial charge on any atom is 0.211 e. The lowest BCUT2D eigenvalue weighted by molar-refractivity contribution is -0.345. The van der Waals surface area contributed by atoms with Crippen LogP contribution in [-0.2, 0) is 12.8 Å². The Morgan fingerprint density at radius 3 is 1.17 bits per heavy atom. The number of aryl methyl sites for hydroxylation is 2. The molecule has 42 heavy (non-hydrogen) atoms. The molecule has 1 aliphatic heterocycles. The minimum atomic E-state index is 1.01. The van der Waals surface area contributed by atoms with Gasteiger partial charge in [0.05, 0.1) is 0 Å². The summed E-state index contributed by atoms with van der Waals surface area (Å²) in [6.45, 7) is 9.10. The number of unbranched alkanes of at least 4 members (excludes halogenated alkanes) is 12. The zero-order chi connectivity index (χ0) is 30.0. The molecule has 0 amide bonds. The highest BCUT2D eigenvalue weighted by Crippen LogP contribution is 2.44. The second-order valence-electron chi connectivity index (χ2n) is 12.6. The number of hydrogen-bond acceptors (Lipinski definition) is 0. The van der Waals surface area contributed by atoms with Crippen molar-refractivity contribution in [1.29, 1.82) is 0 Å². The summed E-state index contributed by atoms with van der Waals surface area (Å²) in [5.41, 5.74) is 21.8. The highest BCUT2D eigenvalue weighted by molar-refractivity contribution is 5.82. The fourth-order valence-electron chi connectivity index (χ4n) is 6.39. The van der Waals surface area contributed by atoms with Gasteiger partial charge in [0.1, 0.15) is 0 Å². The molecule has 1 heterocycles. The van der Waals surface area contributed by atoms with Crippen molar-refractivity contribution in [3.8, 4) is 0 Å². The summed E-state index contributed by atoms with van der Waals surface area (Å²) >= 11 is 0. The third-order valence-corrected chi connectivity index (χ3v) is 9.01. The van der Waals surface area contributed by atoms with E-state index in [1.54, 1.807) is 4.70 Å². The van der Waals surface area contributed by atoms with Gasteiger partial charge < -0.3 is 5.53 Å². The lowest BCUT2D eigenvalue weighted by Gasteiger charge is -2.11. The molecule has 2 aromatic carbocycles. The van der Waals surface area contributed by atoms with Gasteiger partial charge in [-0.05, 0) is 86.8 Å². The fraction of sp³-hybridized carbons (Fsp3) is 0.600. The zero-order valence-corrected chi connectivity index (χ0v) is 27.7. The molecule has 230 valence electrons. The molecule has 2 nitrogen and oxygen atoms in total. The van der Waals surface area contributed by atoms with Crippen LogP contribution in [0.5, 0.6) is 0 Å². The van der Waals surface area contributed by atoms with E-state index >= 15 is 0 Å². The van der Waals surface area contributed by atoms with E-state index in [0.717, 1.165) is 61.0 Å². The van der Waals surface area contributed by atoms with E-state index in [1.165, 1.54) is 112 Å². The maximum atomic E-state index is 11.9. The van der Waals surface area contributed by atoms with Gasteiger partial charge in [-0.2, -0.15) is 0 Å². The number of nitrogens with zero attached hydrogens (tertiary/aromatic N) is 2. The van der Waals surface area contributed by atoms with Crippen LogP contribution >= 0.6 is 0 Å². The Kier molecular flexibility index (Phi) is 15.9. The first-order valence-corrected chi connectivity index (χ1v) is 17.8. The molecule has 0 aliphatic carbocycles. The Morgan fingerprint density at radius 1 is 0.405 bits per heavy atom. The van der Waals surface area contributed by atoms with Gasteiger partial charge >= 0.3 is 0 Å². The van der Waals surface area contributed by atoms with E-state index in [-0.39, 0.29) is 0 Å². The van der Waals surface area contributed by atoms with E-state index in [2.05, 4.69) is 76.2 Å². The molecule has 0 saturated heterocycles. The predicted molar refractivity (Wildman–Crippen MR) is 184 cm³/mol. The molecule has 0 radical (unpaired) electrons. The molecule has 1 aliphatic rings. The predicted octanol–water partition coefficient (Wildman–Crippen LogP) is 13.0. The summed E-state index contributed by atoms with van der Waals surface area (Å²) in [5, 5.41) is 0. The van der Waals surface area contributed by atoms with E-state index in [4.69, 9.17) is 0 Å². The molecule has 2 aromatic rings. The van der Waals surface area contributed by atoms with Gasteiger partial charge in [0.2, 0.25) is 11.4 Å². The largest absolute Gasteiger partial charge is 0.493 e. The molecule has 2 heteroatoms. The molecule has 0 spiro atoms. The van der Waals surface area contributed by atoms with Crippen molar-refractivity contribution in [3.63, 3.8) is 0 Å². The van der Waals surface area contributed by atoms with Gasteiger partial charge in [-0.1, -0.05) is 129 Å². The van der Waals surface area contributed by atoms with Gasteiger partial charge in [-0.15, -0.1) is 0 Å². The lowest BCUT2D eigenvalue weighted by Crippen LogP contribution is -2.03. The second-order valence-corrected chi connectivity index (χ2v) is 12.6. The van der Waals surface area contributed by atoms with Gasteiger partial charge in [-0.25, -0.2) is 4.70 Å². The van der Waals surface area contributed by atoms with Crippen LogP contribution in [0.15, 0.2) is 59.7 Å². The van der Waals surface area contributed by atoms with E-state index in [0.29, 0.717) is 0 Å². The first kappa shape index (κ1) is 34.0. The SMILES string of the molecule is CCCCCCCCc1ccc(C2=C(CCCC)C(CCCCCC)=C(c3ccc(CCCCCC)cc3)[N+]2=[N-])cc1. The molecule has 0 aromatic heterocycles. The minimum Gasteiger partial charge on any atom is -0.493 e. The van der Waals surface area contributed by atoms with Crippen LogP contribution in [0.25, 0.3) is 16.9 Å². The fourth-order valence-corrected chi connectivity index (χ4v) is 6.39. The summed E-state index contributed by atoms with van der Waals surface area (Å²) < 4.78 is 1.55. The van der Waals surface area contributed by atoms with Crippen LogP contribution in [-0.4, -0.2) is 4.70 Å². The Bertz CT molecular complexity index is 1120. The van der Waals surface area contributed by atoms with Gasteiger partial charge in [0.15, 0.2) is 0 Å². The molecule has 3 rings (SSSR count). The molecular weight excluding hydrogens is 508 g/mol. The zero-order valence-electron chi connectivity index (χ0n) is 27.7. The summed E-state index contributed by atoms with van der Waals surface area (Å²) in [5.74, 6) is 0. The Hall–Kier alpha value is -2.48. The van der Waals surface area contributed by atoms with Crippen molar-refractivity contribution in [2.45, 2.75) is 156 Å². The standard InChI is InChI=1S/C40H60N2/c1-5-9-13-16-17-19-22-34-27-29-35(30-28-34)39-37(23-12-8-4)38(24-20-15-11-7-3)40(42(39)41)36-31-25-33(26-32-36)21-18-14-10-6-2/h25-32H,5-24H2,1-4H3. The first-order chi connectivity index (χ1) is 20.6. The van der Waals surface area contributed by atoms with Crippen LogP contribution in [0.1, 0.15) is 166 Å². The third kappa shape index (κ3) is 10.4. The average Bonchev–Trinajstić information content (AvgIpc) is 3.29. The van der Waals surface area contributed by atoms with Crippen molar-refractivity contribution >= 4 is 11.4 Å². The van der Waals surface area contributed by atoms with Gasteiger partial charge in [0.25, 0.3) is 0 Å². The average molecular weight is 569 g/mol. The lowest BCUT2D eigenvalue weighted by atomic mass is 9.91. The van der Waals surface area contributed by atoms with Crippen molar-refractivity contribution in [3.05, 3.63) is 87.5 Å². The number of allylic oxidation sites excluding steroid dienone is 2. The normalized spacial score (nSPS) is 13.6. The Morgan fingerprint density at radius 2 is 0.738 bits per heavy atom. The maximum absolute atomic E-state index is 11.9. The van der Waals surface area contributed by atoms with Gasteiger partial charge in [0, 0.05) is 22.3 Å². The number of hydrogen-bond donors (Lipinski definition) is 0. The third-order valence-electron chi connectivity index (χ3n) is 9.01. The highest BCUT2D eigenvalue weighted by Gasteiger charge is 2.35. The van der Waals surface area contributed by atoms with Crippen molar-refractivity contribution in [2.24, 2.45) is 0 Å². The Labute approximate surface area is 259 Å². The molecular formula is C40H60N2. The summed E-state index contributed by atoms with van der Waals surface area (Å²) in [6, 6.07) is 18.2. The van der Waals surface area contributed by atoms with Crippen molar-refractivity contribution in [1.82, 2.24) is 0 Å². The highest BCUT2D eigenvalue weighted by atomic mass is 15.2. The van der Waals surface area contributed by atoms with E-state index in [1.807, 2.05) is 0 Å². The Balaban J connectivity index is 1.85. The van der Waals surface area contributed by atoms with Crippen molar-refractivity contribution < 1.29 is 4.70 Å². The van der Waals surface area contributed by atoms with Crippen LogP contribution < -0.4 is 0 Å². The van der Waals surface area contributed by atoms with Crippen LogP contribution in [0.2, 0.25) is 0 Å². The molecule has 0 N–H and O–H groups in total. The molecule has 0 atom stereocenters. The smallest absolute Gasteiger partial charge is 0.211 e. The quantitative estimate of drug-likeness (QED) is 0.0997. The van der Waals surface area contributed by atoms with E-state index < -0.39 is 0 Å². The monoisotopic (exact) mass is 568 g/mol. The number of rotatable bonds is 22. The molecule has 0 unspecified atom stereocenters. The van der Waals surface area contributed by atoms with Gasteiger partial charge in [-0.3, -0.25) is 0 Å². The topological polar surface area (TPSA) is 25.3 Å². The minimum absolute atomic E-state index is 1.01. The summed E-state index contributed by atoms with van der Waals surface area (Å²) in [4.78, 5) is 0. The molecule has 0 saturated carbocycles. The van der Waals surface area contributed by atoms with Crippen LogP contribution in [0, 0.1) is 0 Å². The van der Waals surface area contributed by atoms with E-state index in [9.17, 15) is 5.53 Å². The van der Waals surface area contributed by atoms with Crippen LogP contribution in [0.3, 0.4) is 0 Å².